The topological polar surface area (TPSA) is 77.2 Å². The molecule has 0 unspecified atom stereocenters. The van der Waals surface area contributed by atoms with Gasteiger partial charge in [0.2, 0.25) is 0 Å². The van der Waals surface area contributed by atoms with E-state index >= 15 is 0 Å². The van der Waals surface area contributed by atoms with Gasteiger partial charge in [0, 0.05) is 6.54 Å². The Balaban J connectivity index is 1.81. The van der Waals surface area contributed by atoms with Crippen LogP contribution in [0.5, 0.6) is 0 Å². The zero-order chi connectivity index (χ0) is 14.4. The lowest BCUT2D eigenvalue weighted by atomic mass is 10.0. The molecule has 0 bridgehead atoms. The van der Waals surface area contributed by atoms with Gasteiger partial charge in [0.05, 0.1) is 6.61 Å². The Labute approximate surface area is 124 Å². The number of nitrogens with zero attached hydrogens (tertiary/aromatic N) is 1. The Morgan fingerprint density at radius 3 is 2.95 bits per heavy atom. The first-order valence-electron chi connectivity index (χ1n) is 7.38. The summed E-state index contributed by atoms with van der Waals surface area (Å²) in [6, 6.07) is 0. The third-order valence-corrected chi connectivity index (χ3v) is 4.57. The first-order valence-corrected chi connectivity index (χ1v) is 8.15. The number of anilines is 2. The maximum Gasteiger partial charge on any atom is 0.344 e. The quantitative estimate of drug-likeness (QED) is 0.596. The molecule has 0 spiro atoms. The minimum absolute atomic E-state index is 0.256. The standard InChI is InChI=1S/C14H23N3O2S/c1-2-19-14(18)11-12(15)17-20-13(11)16-9-5-8-10-6-3-4-7-10/h10,16H,2-9H2,1H3,(H2,15,17). The number of rotatable bonds is 7. The van der Waals surface area contributed by atoms with Crippen LogP contribution in [0.1, 0.15) is 55.8 Å². The third kappa shape index (κ3) is 3.85. The van der Waals surface area contributed by atoms with Crippen molar-refractivity contribution >= 4 is 28.3 Å². The van der Waals surface area contributed by atoms with Gasteiger partial charge in [-0.25, -0.2) is 4.79 Å². The summed E-state index contributed by atoms with van der Waals surface area (Å²) in [4.78, 5) is 11.8. The molecule has 1 aromatic heterocycles. The molecule has 1 fully saturated rings. The molecule has 1 aliphatic carbocycles. The van der Waals surface area contributed by atoms with E-state index in [0.29, 0.717) is 12.2 Å². The number of esters is 1. The maximum absolute atomic E-state index is 11.8. The number of aromatic nitrogens is 1. The second-order valence-electron chi connectivity index (χ2n) is 5.21. The van der Waals surface area contributed by atoms with Crippen molar-refractivity contribution in [2.75, 3.05) is 24.2 Å². The molecule has 0 radical (unpaired) electrons. The number of carbonyl (C=O) groups is 1. The van der Waals surface area contributed by atoms with Crippen molar-refractivity contribution < 1.29 is 9.53 Å². The van der Waals surface area contributed by atoms with E-state index in [4.69, 9.17) is 10.5 Å². The Bertz CT molecular complexity index is 442. The summed E-state index contributed by atoms with van der Waals surface area (Å²) in [6.07, 6.45) is 7.90. The largest absolute Gasteiger partial charge is 0.462 e. The summed E-state index contributed by atoms with van der Waals surface area (Å²) in [5.41, 5.74) is 6.12. The van der Waals surface area contributed by atoms with Gasteiger partial charge < -0.3 is 15.8 Å². The van der Waals surface area contributed by atoms with Gasteiger partial charge >= 0.3 is 5.97 Å². The molecule has 6 heteroatoms. The molecular formula is C14H23N3O2S. The summed E-state index contributed by atoms with van der Waals surface area (Å²) in [5.74, 6) is 0.761. The molecule has 1 aromatic rings. The number of hydrogen-bond donors (Lipinski definition) is 2. The predicted molar refractivity (Wildman–Crippen MR) is 82.2 cm³/mol. The summed E-state index contributed by atoms with van der Waals surface area (Å²) >= 11 is 1.23. The summed E-state index contributed by atoms with van der Waals surface area (Å²) in [7, 11) is 0. The second-order valence-corrected chi connectivity index (χ2v) is 5.99. The molecule has 20 heavy (non-hydrogen) atoms. The van der Waals surface area contributed by atoms with Crippen LogP contribution in [0.25, 0.3) is 0 Å². The fraction of sp³-hybridized carbons (Fsp3) is 0.714. The molecule has 0 aromatic carbocycles. The van der Waals surface area contributed by atoms with E-state index in [0.717, 1.165) is 23.9 Å². The Morgan fingerprint density at radius 2 is 2.25 bits per heavy atom. The molecule has 0 amide bonds. The van der Waals surface area contributed by atoms with E-state index in [1.807, 2.05) is 0 Å². The van der Waals surface area contributed by atoms with E-state index in [2.05, 4.69) is 9.69 Å². The first kappa shape index (κ1) is 15.1. The zero-order valence-electron chi connectivity index (χ0n) is 12.0. The lowest BCUT2D eigenvalue weighted by Crippen LogP contribution is -2.11. The van der Waals surface area contributed by atoms with E-state index in [1.165, 1.54) is 43.6 Å². The third-order valence-electron chi connectivity index (χ3n) is 3.75. The average molecular weight is 297 g/mol. The van der Waals surface area contributed by atoms with Crippen LogP contribution in [0.2, 0.25) is 0 Å². The highest BCUT2D eigenvalue weighted by Crippen LogP contribution is 2.30. The van der Waals surface area contributed by atoms with Gasteiger partial charge in [0.1, 0.15) is 10.6 Å². The number of nitrogens with two attached hydrogens (primary N) is 1. The van der Waals surface area contributed by atoms with E-state index in [-0.39, 0.29) is 5.82 Å². The van der Waals surface area contributed by atoms with Crippen molar-refractivity contribution in [1.29, 1.82) is 0 Å². The minimum Gasteiger partial charge on any atom is -0.462 e. The van der Waals surface area contributed by atoms with Crippen LogP contribution in [0, 0.1) is 5.92 Å². The summed E-state index contributed by atoms with van der Waals surface area (Å²) in [6.45, 7) is 2.97. The molecule has 0 atom stereocenters. The lowest BCUT2D eigenvalue weighted by Gasteiger charge is -2.10. The van der Waals surface area contributed by atoms with Gasteiger partial charge in [0.15, 0.2) is 5.82 Å². The van der Waals surface area contributed by atoms with E-state index in [9.17, 15) is 4.79 Å². The maximum atomic E-state index is 11.8. The molecule has 1 saturated carbocycles. The smallest absolute Gasteiger partial charge is 0.344 e. The molecule has 1 heterocycles. The van der Waals surface area contributed by atoms with Crippen LogP contribution in [-0.4, -0.2) is 23.5 Å². The van der Waals surface area contributed by atoms with Crippen LogP contribution in [-0.2, 0) is 4.74 Å². The predicted octanol–water partition coefficient (Wildman–Crippen LogP) is 3.28. The first-order chi connectivity index (χ1) is 9.72. The minimum atomic E-state index is -0.392. The molecule has 0 aliphatic heterocycles. The number of hydrogen-bond acceptors (Lipinski definition) is 6. The number of carbonyl (C=O) groups excluding carboxylic acids is 1. The molecule has 3 N–H and O–H groups in total. The SMILES string of the molecule is CCOC(=O)c1c(N)nsc1NCCCC1CCCC1. The monoisotopic (exact) mass is 297 g/mol. The van der Waals surface area contributed by atoms with Gasteiger partial charge in [0.25, 0.3) is 0 Å². The fourth-order valence-electron chi connectivity index (χ4n) is 2.72. The molecular weight excluding hydrogens is 274 g/mol. The van der Waals surface area contributed by atoms with Gasteiger partial charge in [-0.2, -0.15) is 4.37 Å². The Hall–Kier alpha value is -1.30. The van der Waals surface area contributed by atoms with Crippen LogP contribution >= 0.6 is 11.5 Å². The van der Waals surface area contributed by atoms with Crippen molar-refractivity contribution in [2.24, 2.45) is 5.92 Å². The molecule has 5 nitrogen and oxygen atoms in total. The molecule has 1 aliphatic rings. The van der Waals surface area contributed by atoms with Crippen molar-refractivity contribution in [3.63, 3.8) is 0 Å². The van der Waals surface area contributed by atoms with E-state index < -0.39 is 5.97 Å². The summed E-state index contributed by atoms with van der Waals surface area (Å²) in [5, 5.41) is 4.00. The lowest BCUT2D eigenvalue weighted by molar-refractivity contribution is 0.0529. The van der Waals surface area contributed by atoms with E-state index in [1.54, 1.807) is 6.92 Å². The molecule has 2 rings (SSSR count). The van der Waals surface area contributed by atoms with Gasteiger partial charge in [-0.1, -0.05) is 25.7 Å². The zero-order valence-corrected chi connectivity index (χ0v) is 12.8. The molecule has 0 saturated heterocycles. The van der Waals surface area contributed by atoms with Crippen LogP contribution < -0.4 is 11.1 Å². The van der Waals surface area contributed by atoms with Crippen molar-refractivity contribution in [3.05, 3.63) is 5.56 Å². The van der Waals surface area contributed by atoms with Crippen molar-refractivity contribution in [1.82, 2.24) is 4.37 Å². The second kappa shape index (κ2) is 7.47. The van der Waals surface area contributed by atoms with Crippen LogP contribution in [0.15, 0.2) is 0 Å². The highest BCUT2D eigenvalue weighted by Gasteiger charge is 2.20. The number of nitrogen functional groups attached to an aromatic ring is 1. The van der Waals surface area contributed by atoms with Crippen LogP contribution in [0.3, 0.4) is 0 Å². The highest BCUT2D eigenvalue weighted by atomic mass is 32.1. The van der Waals surface area contributed by atoms with Crippen molar-refractivity contribution in [3.8, 4) is 0 Å². The van der Waals surface area contributed by atoms with Crippen molar-refractivity contribution in [2.45, 2.75) is 45.4 Å². The van der Waals surface area contributed by atoms with Gasteiger partial charge in [-0.15, -0.1) is 0 Å². The average Bonchev–Trinajstić information content (AvgIpc) is 3.05. The molecule has 112 valence electrons. The van der Waals surface area contributed by atoms with Gasteiger partial charge in [-0.3, -0.25) is 0 Å². The fourth-order valence-corrected chi connectivity index (χ4v) is 3.44. The number of nitrogens with one attached hydrogen (secondary N) is 1. The van der Waals surface area contributed by atoms with Gasteiger partial charge in [-0.05, 0) is 37.2 Å². The van der Waals surface area contributed by atoms with Crippen LogP contribution in [0.4, 0.5) is 10.8 Å². The number of ether oxygens (including phenoxy) is 1. The summed E-state index contributed by atoms with van der Waals surface area (Å²) < 4.78 is 9.04. The Kier molecular flexibility index (Phi) is 5.64. The Morgan fingerprint density at radius 1 is 1.50 bits per heavy atom. The normalized spacial score (nSPS) is 15.4. The highest BCUT2D eigenvalue weighted by molar-refractivity contribution is 7.11.